The minimum Gasteiger partial charge on any atom is -0.462 e. The van der Waals surface area contributed by atoms with E-state index in [2.05, 4.69) is 32.6 Å². The third-order valence-corrected chi connectivity index (χ3v) is 7.44. The van der Waals surface area contributed by atoms with Gasteiger partial charge in [-0.3, -0.25) is 4.79 Å². The molecule has 0 bridgehead atoms. The molecule has 0 fully saturated rings. The predicted octanol–water partition coefficient (Wildman–Crippen LogP) is 10.3. The third kappa shape index (κ3) is 24.9. The molecule has 0 saturated carbocycles. The highest BCUT2D eigenvalue weighted by atomic mass is 16.5. The zero-order valence-electron chi connectivity index (χ0n) is 24.7. The number of hydrogen-bond acceptors (Lipinski definition) is 3. The summed E-state index contributed by atoms with van der Waals surface area (Å²) in [7, 11) is 0. The molecule has 1 atom stereocenters. The Labute approximate surface area is 221 Å². The van der Waals surface area contributed by atoms with Crippen LogP contribution in [-0.2, 0) is 9.53 Å². The van der Waals surface area contributed by atoms with E-state index in [0.29, 0.717) is 6.42 Å². The number of ether oxygens (including phenoxy) is 1. The molecule has 3 nitrogen and oxygen atoms in total. The van der Waals surface area contributed by atoms with Crippen molar-refractivity contribution in [1.82, 2.24) is 4.90 Å². The first kappa shape index (κ1) is 34.4. The summed E-state index contributed by atoms with van der Waals surface area (Å²) in [6, 6.07) is 0. The summed E-state index contributed by atoms with van der Waals surface area (Å²) in [5, 5.41) is 0. The van der Waals surface area contributed by atoms with Gasteiger partial charge in [-0.1, -0.05) is 124 Å². The molecule has 0 saturated heterocycles. The molecule has 0 aromatic rings. The van der Waals surface area contributed by atoms with Crippen LogP contribution in [0.2, 0.25) is 0 Å². The van der Waals surface area contributed by atoms with Crippen LogP contribution in [0.5, 0.6) is 0 Å². The van der Waals surface area contributed by atoms with Gasteiger partial charge >= 0.3 is 5.97 Å². The molecule has 0 aromatic heterocycles. The van der Waals surface area contributed by atoms with E-state index in [-0.39, 0.29) is 12.1 Å². The van der Waals surface area contributed by atoms with Crippen molar-refractivity contribution in [3.8, 4) is 0 Å². The molecule has 0 aliphatic heterocycles. The fourth-order valence-corrected chi connectivity index (χ4v) is 4.96. The average molecular weight is 496 g/mol. The molecule has 0 radical (unpaired) electrons. The summed E-state index contributed by atoms with van der Waals surface area (Å²) in [5.41, 5.74) is 0. The molecule has 0 aromatic carbocycles. The lowest BCUT2D eigenvalue weighted by Crippen LogP contribution is -2.25. The second-order valence-corrected chi connectivity index (χ2v) is 10.9. The van der Waals surface area contributed by atoms with E-state index < -0.39 is 0 Å². The molecular weight excluding hydrogens is 430 g/mol. The topological polar surface area (TPSA) is 29.5 Å². The quantitative estimate of drug-likeness (QED) is 0.0798. The Morgan fingerprint density at radius 2 is 0.943 bits per heavy atom. The molecule has 1 unspecified atom stereocenters. The van der Waals surface area contributed by atoms with Crippen molar-refractivity contribution < 1.29 is 9.53 Å². The first-order valence-corrected chi connectivity index (χ1v) is 16.1. The summed E-state index contributed by atoms with van der Waals surface area (Å²) in [4.78, 5) is 15.1. The van der Waals surface area contributed by atoms with Gasteiger partial charge in [0, 0.05) is 6.42 Å². The maximum Gasteiger partial charge on any atom is 0.306 e. The van der Waals surface area contributed by atoms with Crippen molar-refractivity contribution in [2.24, 2.45) is 0 Å². The number of unbranched alkanes of at least 4 members (excludes halogenated alkanes) is 16. The molecular formula is C32H65NO2. The molecule has 0 spiro atoms. The van der Waals surface area contributed by atoms with Gasteiger partial charge in [-0.05, 0) is 64.6 Å². The second-order valence-electron chi connectivity index (χ2n) is 10.9. The molecule has 210 valence electrons. The van der Waals surface area contributed by atoms with Crippen LogP contribution in [0.1, 0.15) is 175 Å². The number of rotatable bonds is 28. The lowest BCUT2D eigenvalue weighted by Gasteiger charge is -2.20. The molecule has 3 heteroatoms. The lowest BCUT2D eigenvalue weighted by atomic mass is 10.0. The molecule has 0 rings (SSSR count). The summed E-state index contributed by atoms with van der Waals surface area (Å²) in [6.07, 6.45) is 28.7. The highest BCUT2D eigenvalue weighted by Crippen LogP contribution is 2.17. The van der Waals surface area contributed by atoms with E-state index in [9.17, 15) is 4.79 Å². The molecule has 0 aliphatic carbocycles. The summed E-state index contributed by atoms with van der Waals surface area (Å²) in [6.45, 7) is 12.8. The maximum atomic E-state index is 12.4. The van der Waals surface area contributed by atoms with Crippen LogP contribution in [0.4, 0.5) is 0 Å². The fourth-order valence-electron chi connectivity index (χ4n) is 4.96. The number of esters is 1. The van der Waals surface area contributed by atoms with Crippen LogP contribution < -0.4 is 0 Å². The van der Waals surface area contributed by atoms with Crippen molar-refractivity contribution in [3.63, 3.8) is 0 Å². The van der Waals surface area contributed by atoms with Crippen LogP contribution in [-0.4, -0.2) is 36.6 Å². The highest BCUT2D eigenvalue weighted by molar-refractivity contribution is 5.69. The van der Waals surface area contributed by atoms with E-state index in [4.69, 9.17) is 4.74 Å². The van der Waals surface area contributed by atoms with Crippen molar-refractivity contribution in [2.75, 3.05) is 19.6 Å². The Kier molecular flexibility index (Phi) is 27.6. The second kappa shape index (κ2) is 28.0. The first-order valence-electron chi connectivity index (χ1n) is 16.1. The Hall–Kier alpha value is -0.570. The van der Waals surface area contributed by atoms with Crippen molar-refractivity contribution >= 4 is 5.97 Å². The summed E-state index contributed by atoms with van der Waals surface area (Å²) < 4.78 is 5.93. The van der Waals surface area contributed by atoms with Crippen LogP contribution in [0.3, 0.4) is 0 Å². The van der Waals surface area contributed by atoms with Gasteiger partial charge in [0.05, 0.1) is 0 Å². The zero-order chi connectivity index (χ0) is 25.8. The van der Waals surface area contributed by atoms with E-state index >= 15 is 0 Å². The average Bonchev–Trinajstić information content (AvgIpc) is 2.86. The van der Waals surface area contributed by atoms with Gasteiger partial charge in [-0.2, -0.15) is 0 Å². The highest BCUT2D eigenvalue weighted by Gasteiger charge is 2.14. The van der Waals surface area contributed by atoms with E-state index in [0.717, 1.165) is 25.7 Å². The molecule has 0 aliphatic rings. The van der Waals surface area contributed by atoms with E-state index in [1.165, 1.54) is 135 Å². The van der Waals surface area contributed by atoms with Gasteiger partial charge in [0.2, 0.25) is 0 Å². The molecule has 0 N–H and O–H groups in total. The van der Waals surface area contributed by atoms with Gasteiger partial charge in [0.25, 0.3) is 0 Å². The number of carbonyl (C=O) groups excluding carboxylic acids is 1. The maximum absolute atomic E-state index is 12.4. The SMILES string of the molecule is CCCCCCCCN(CC)CCCCCCCC(=O)OC(CCCCCC)CCCCCCC. The molecule has 0 amide bonds. The number of carbonyl (C=O) groups is 1. The Bertz CT molecular complexity index is 426. The van der Waals surface area contributed by atoms with E-state index in [1.807, 2.05) is 0 Å². The minimum atomic E-state index is 0.0511. The van der Waals surface area contributed by atoms with E-state index in [1.54, 1.807) is 0 Å². The Morgan fingerprint density at radius 1 is 0.543 bits per heavy atom. The van der Waals surface area contributed by atoms with Gasteiger partial charge in [-0.15, -0.1) is 0 Å². The first-order chi connectivity index (χ1) is 17.2. The predicted molar refractivity (Wildman–Crippen MR) is 155 cm³/mol. The number of nitrogens with zero attached hydrogens (tertiary/aromatic N) is 1. The Morgan fingerprint density at radius 3 is 1.43 bits per heavy atom. The normalized spacial score (nSPS) is 12.4. The molecule has 0 heterocycles. The van der Waals surface area contributed by atoms with Gasteiger partial charge in [0.15, 0.2) is 0 Å². The standard InChI is InChI=1S/C32H65NO2/c1-5-9-12-15-19-24-29-33(8-4)30-25-20-16-18-23-28-32(34)35-31(26-21-14-11-7-3)27-22-17-13-10-6-2/h31H,5-30H2,1-4H3. The van der Waals surface area contributed by atoms with Gasteiger partial charge in [-0.25, -0.2) is 0 Å². The monoisotopic (exact) mass is 496 g/mol. The Balaban J connectivity index is 3.87. The van der Waals surface area contributed by atoms with Gasteiger partial charge < -0.3 is 9.64 Å². The molecule has 35 heavy (non-hydrogen) atoms. The number of hydrogen-bond donors (Lipinski definition) is 0. The smallest absolute Gasteiger partial charge is 0.306 e. The largest absolute Gasteiger partial charge is 0.462 e. The summed E-state index contributed by atoms with van der Waals surface area (Å²) >= 11 is 0. The third-order valence-electron chi connectivity index (χ3n) is 7.44. The van der Waals surface area contributed by atoms with Crippen molar-refractivity contribution in [2.45, 2.75) is 181 Å². The minimum absolute atomic E-state index is 0.0511. The van der Waals surface area contributed by atoms with Crippen LogP contribution in [0.15, 0.2) is 0 Å². The fraction of sp³-hybridized carbons (Fsp3) is 0.969. The van der Waals surface area contributed by atoms with Crippen molar-refractivity contribution in [3.05, 3.63) is 0 Å². The lowest BCUT2D eigenvalue weighted by molar-refractivity contribution is -0.150. The van der Waals surface area contributed by atoms with Gasteiger partial charge in [0.1, 0.15) is 6.10 Å². The van der Waals surface area contributed by atoms with Crippen LogP contribution in [0, 0.1) is 0 Å². The van der Waals surface area contributed by atoms with Crippen LogP contribution in [0.25, 0.3) is 0 Å². The van der Waals surface area contributed by atoms with Crippen molar-refractivity contribution in [1.29, 1.82) is 0 Å². The van der Waals surface area contributed by atoms with Crippen LogP contribution >= 0.6 is 0 Å². The summed E-state index contributed by atoms with van der Waals surface area (Å²) in [5.74, 6) is 0.0511. The zero-order valence-corrected chi connectivity index (χ0v) is 24.7.